The predicted octanol–water partition coefficient (Wildman–Crippen LogP) is 2.10. The highest BCUT2D eigenvalue weighted by atomic mass is 19.4. The maximum atomic E-state index is 12.4. The summed E-state index contributed by atoms with van der Waals surface area (Å²) in [7, 11) is 0. The Morgan fingerprint density at radius 3 is 2.83 bits per heavy atom. The number of likely N-dealkylation sites (tertiary alicyclic amines) is 1. The van der Waals surface area contributed by atoms with Gasteiger partial charge in [0.05, 0.1) is 6.42 Å². The number of aromatic nitrogens is 1. The van der Waals surface area contributed by atoms with Gasteiger partial charge < -0.3 is 14.7 Å². The van der Waals surface area contributed by atoms with Crippen molar-refractivity contribution in [3.05, 3.63) is 23.9 Å². The minimum atomic E-state index is -4.50. The average Bonchev–Trinajstić information content (AvgIpc) is 2.91. The van der Waals surface area contributed by atoms with Crippen molar-refractivity contribution in [1.82, 2.24) is 9.88 Å². The molecule has 1 atom stereocenters. The summed E-state index contributed by atoms with van der Waals surface area (Å²) in [4.78, 5) is 28.3. The quantitative estimate of drug-likeness (QED) is 0.893. The van der Waals surface area contributed by atoms with Gasteiger partial charge in [0.15, 0.2) is 6.61 Å². The Balaban J connectivity index is 2.08. The highest BCUT2D eigenvalue weighted by Gasteiger charge is 2.32. The number of hydrogen-bond acceptors (Lipinski definition) is 4. The molecule has 23 heavy (non-hydrogen) atoms. The van der Waals surface area contributed by atoms with E-state index in [4.69, 9.17) is 5.11 Å². The number of carboxylic acid groups (broad SMARTS) is 1. The van der Waals surface area contributed by atoms with Crippen LogP contribution in [0, 0.1) is 0 Å². The number of carbonyl (C=O) groups excluding carboxylic acids is 1. The predicted molar refractivity (Wildman–Crippen MR) is 72.1 cm³/mol. The Morgan fingerprint density at radius 1 is 1.43 bits per heavy atom. The van der Waals surface area contributed by atoms with Crippen LogP contribution in [0.25, 0.3) is 0 Å². The van der Waals surface area contributed by atoms with Gasteiger partial charge in [0, 0.05) is 30.4 Å². The highest BCUT2D eigenvalue weighted by Crippen LogP contribution is 2.24. The Labute approximate surface area is 129 Å². The lowest BCUT2D eigenvalue weighted by atomic mass is 10.1. The van der Waals surface area contributed by atoms with Crippen molar-refractivity contribution in [3.8, 4) is 5.88 Å². The van der Waals surface area contributed by atoms with Crippen LogP contribution in [0.2, 0.25) is 0 Å². The smallest absolute Gasteiger partial charge is 0.422 e. The molecule has 6 nitrogen and oxygen atoms in total. The zero-order valence-electron chi connectivity index (χ0n) is 12.0. The molecule has 126 valence electrons. The maximum absolute atomic E-state index is 12.4. The topological polar surface area (TPSA) is 79.7 Å². The molecule has 2 heterocycles. The number of carbonyl (C=O) groups is 2. The number of pyridine rings is 1. The van der Waals surface area contributed by atoms with Crippen molar-refractivity contribution in [3.63, 3.8) is 0 Å². The van der Waals surface area contributed by atoms with Gasteiger partial charge in [-0.15, -0.1) is 0 Å². The van der Waals surface area contributed by atoms with E-state index in [1.54, 1.807) is 0 Å². The third-order valence-corrected chi connectivity index (χ3v) is 3.41. The first-order chi connectivity index (χ1) is 10.8. The van der Waals surface area contributed by atoms with Gasteiger partial charge in [-0.1, -0.05) is 0 Å². The van der Waals surface area contributed by atoms with Crippen LogP contribution in [-0.4, -0.2) is 52.2 Å². The number of halogens is 3. The first kappa shape index (κ1) is 17.0. The number of carboxylic acids is 1. The lowest BCUT2D eigenvalue weighted by Crippen LogP contribution is -2.36. The van der Waals surface area contributed by atoms with Gasteiger partial charge in [0.2, 0.25) is 5.88 Å². The third-order valence-electron chi connectivity index (χ3n) is 3.41. The largest absolute Gasteiger partial charge is 0.481 e. The SMILES string of the molecule is O=C(O)CC1CCCN1C(=O)c1ccnc(OCC(F)(F)F)c1. The molecular weight excluding hydrogens is 317 g/mol. The second-order valence-corrected chi connectivity index (χ2v) is 5.18. The fraction of sp³-hybridized carbons (Fsp3) is 0.500. The van der Waals surface area contributed by atoms with E-state index in [1.165, 1.54) is 17.2 Å². The Morgan fingerprint density at radius 2 is 2.17 bits per heavy atom. The van der Waals surface area contributed by atoms with Gasteiger partial charge in [0.1, 0.15) is 0 Å². The van der Waals surface area contributed by atoms with Crippen molar-refractivity contribution in [2.45, 2.75) is 31.5 Å². The van der Waals surface area contributed by atoms with Gasteiger partial charge in [0.25, 0.3) is 5.91 Å². The van der Waals surface area contributed by atoms with Gasteiger partial charge >= 0.3 is 12.1 Å². The normalized spacial score (nSPS) is 18.0. The summed E-state index contributed by atoms with van der Waals surface area (Å²) in [5.41, 5.74) is 0.120. The number of aliphatic carboxylic acids is 1. The van der Waals surface area contributed by atoms with E-state index in [-0.39, 0.29) is 17.9 Å². The molecule has 1 aliphatic heterocycles. The van der Waals surface area contributed by atoms with E-state index in [1.807, 2.05) is 0 Å². The maximum Gasteiger partial charge on any atom is 0.422 e. The Kier molecular flexibility index (Phi) is 5.07. The van der Waals surface area contributed by atoms with Crippen LogP contribution in [0.5, 0.6) is 5.88 Å². The van der Waals surface area contributed by atoms with Crippen LogP contribution >= 0.6 is 0 Å². The Bertz CT molecular complexity index is 592. The molecule has 1 aromatic heterocycles. The summed E-state index contributed by atoms with van der Waals surface area (Å²) in [5, 5.41) is 8.86. The van der Waals surface area contributed by atoms with Crippen molar-refractivity contribution < 1.29 is 32.6 Å². The molecule has 1 aromatic rings. The van der Waals surface area contributed by atoms with Gasteiger partial charge in [-0.05, 0) is 18.9 Å². The molecular formula is C14H15F3N2O4. The lowest BCUT2D eigenvalue weighted by Gasteiger charge is -2.23. The van der Waals surface area contributed by atoms with Crippen LogP contribution in [-0.2, 0) is 4.79 Å². The van der Waals surface area contributed by atoms with Crippen LogP contribution in [0.3, 0.4) is 0 Å². The van der Waals surface area contributed by atoms with E-state index in [0.29, 0.717) is 19.4 Å². The first-order valence-electron chi connectivity index (χ1n) is 6.94. The van der Waals surface area contributed by atoms with Crippen LogP contribution < -0.4 is 4.74 Å². The zero-order chi connectivity index (χ0) is 17.0. The van der Waals surface area contributed by atoms with Crippen LogP contribution in [0.4, 0.5) is 13.2 Å². The Hall–Kier alpha value is -2.32. The zero-order valence-corrected chi connectivity index (χ0v) is 12.0. The molecule has 0 saturated carbocycles. The summed E-state index contributed by atoms with van der Waals surface area (Å²) in [6.07, 6.45) is -2.20. The molecule has 1 unspecified atom stereocenters. The van der Waals surface area contributed by atoms with E-state index in [9.17, 15) is 22.8 Å². The molecule has 0 radical (unpaired) electrons. The number of amides is 1. The summed E-state index contributed by atoms with van der Waals surface area (Å²) < 4.78 is 40.9. The summed E-state index contributed by atoms with van der Waals surface area (Å²) in [5.74, 6) is -1.74. The summed E-state index contributed by atoms with van der Waals surface area (Å²) in [6.45, 7) is -1.08. The monoisotopic (exact) mass is 332 g/mol. The fourth-order valence-corrected chi connectivity index (χ4v) is 2.46. The second-order valence-electron chi connectivity index (χ2n) is 5.18. The molecule has 1 amide bonds. The van der Waals surface area contributed by atoms with Crippen LogP contribution in [0.15, 0.2) is 18.3 Å². The average molecular weight is 332 g/mol. The minimum Gasteiger partial charge on any atom is -0.481 e. The number of rotatable bonds is 5. The molecule has 0 aromatic carbocycles. The summed E-state index contributed by atoms with van der Waals surface area (Å²) >= 11 is 0. The van der Waals surface area contributed by atoms with Crippen molar-refractivity contribution >= 4 is 11.9 Å². The van der Waals surface area contributed by atoms with Crippen molar-refractivity contribution in [2.24, 2.45) is 0 Å². The van der Waals surface area contributed by atoms with E-state index >= 15 is 0 Å². The molecule has 1 aliphatic rings. The fourth-order valence-electron chi connectivity index (χ4n) is 2.46. The van der Waals surface area contributed by atoms with Gasteiger partial charge in [-0.25, -0.2) is 4.98 Å². The molecule has 0 aliphatic carbocycles. The first-order valence-corrected chi connectivity index (χ1v) is 6.94. The van der Waals surface area contributed by atoms with Crippen molar-refractivity contribution in [2.75, 3.05) is 13.2 Å². The van der Waals surface area contributed by atoms with Gasteiger partial charge in [-0.3, -0.25) is 9.59 Å². The minimum absolute atomic E-state index is 0.120. The van der Waals surface area contributed by atoms with E-state index in [0.717, 1.165) is 6.07 Å². The van der Waals surface area contributed by atoms with Crippen molar-refractivity contribution in [1.29, 1.82) is 0 Å². The molecule has 1 N–H and O–H groups in total. The molecule has 9 heteroatoms. The summed E-state index contributed by atoms with van der Waals surface area (Å²) in [6, 6.07) is 2.08. The highest BCUT2D eigenvalue weighted by molar-refractivity contribution is 5.95. The molecule has 1 saturated heterocycles. The number of nitrogens with zero attached hydrogens (tertiary/aromatic N) is 2. The second kappa shape index (κ2) is 6.84. The van der Waals surface area contributed by atoms with E-state index < -0.39 is 30.7 Å². The van der Waals surface area contributed by atoms with E-state index in [2.05, 4.69) is 9.72 Å². The van der Waals surface area contributed by atoms with Gasteiger partial charge in [-0.2, -0.15) is 13.2 Å². The molecule has 1 fully saturated rings. The molecule has 0 bridgehead atoms. The number of alkyl halides is 3. The molecule has 0 spiro atoms. The van der Waals surface area contributed by atoms with Crippen LogP contribution in [0.1, 0.15) is 29.6 Å². The standard InChI is InChI=1S/C14H15F3N2O4/c15-14(16,17)8-23-11-6-9(3-4-18-11)13(22)19-5-1-2-10(19)7-12(20)21/h3-4,6,10H,1-2,5,7-8H2,(H,20,21). The number of ether oxygens (including phenoxy) is 1. The lowest BCUT2D eigenvalue weighted by molar-refractivity contribution is -0.154. The molecule has 2 rings (SSSR count). The third kappa shape index (κ3) is 4.83. The number of hydrogen-bond donors (Lipinski definition) is 1.